The number of hydrogen-bond donors (Lipinski definition) is 1. The van der Waals surface area contributed by atoms with Gasteiger partial charge in [-0.25, -0.2) is 0 Å². The summed E-state index contributed by atoms with van der Waals surface area (Å²) in [4.78, 5) is 26.9. The number of hydrogen-bond acceptors (Lipinski definition) is 3. The van der Waals surface area contributed by atoms with Crippen LogP contribution in [-0.4, -0.2) is 48.6 Å². The fourth-order valence-electron chi connectivity index (χ4n) is 2.95. The lowest BCUT2D eigenvalue weighted by molar-refractivity contribution is -0.153. The van der Waals surface area contributed by atoms with E-state index >= 15 is 0 Å². The number of ether oxygens (including phenoxy) is 1. The van der Waals surface area contributed by atoms with Gasteiger partial charge in [-0.05, 0) is 31.1 Å². The molecule has 0 radical (unpaired) electrons. The lowest BCUT2D eigenvalue weighted by atomic mass is 9.92. The molecule has 2 fully saturated rings. The molecule has 0 aromatic heterocycles. The topological polar surface area (TPSA) is 58.6 Å². The first-order valence-electron chi connectivity index (χ1n) is 8.28. The molecule has 0 aromatic rings. The number of nitrogens with zero attached hydrogens (tertiary/aromatic N) is 1. The predicted molar refractivity (Wildman–Crippen MR) is 80.7 cm³/mol. The van der Waals surface area contributed by atoms with Crippen LogP contribution in [0.15, 0.2) is 0 Å². The average Bonchev–Trinajstić information content (AvgIpc) is 3.30. The maximum atomic E-state index is 12.7. The van der Waals surface area contributed by atoms with Crippen LogP contribution >= 0.6 is 0 Å². The second-order valence-corrected chi connectivity index (χ2v) is 6.30. The third-order valence-corrected chi connectivity index (χ3v) is 4.55. The van der Waals surface area contributed by atoms with Gasteiger partial charge in [-0.3, -0.25) is 9.59 Å². The van der Waals surface area contributed by atoms with Crippen LogP contribution in [0.25, 0.3) is 0 Å². The average molecular weight is 296 g/mol. The van der Waals surface area contributed by atoms with Crippen molar-refractivity contribution in [2.24, 2.45) is 11.8 Å². The van der Waals surface area contributed by atoms with E-state index in [-0.39, 0.29) is 29.8 Å². The summed E-state index contributed by atoms with van der Waals surface area (Å²) < 4.78 is 5.52. The van der Waals surface area contributed by atoms with E-state index in [1.54, 1.807) is 4.90 Å². The minimum atomic E-state index is -0.345. The van der Waals surface area contributed by atoms with Gasteiger partial charge in [-0.1, -0.05) is 27.2 Å². The fraction of sp³-hybridized carbons (Fsp3) is 0.875. The summed E-state index contributed by atoms with van der Waals surface area (Å²) >= 11 is 0. The van der Waals surface area contributed by atoms with Gasteiger partial charge in [0.2, 0.25) is 11.8 Å². The molecule has 3 unspecified atom stereocenters. The molecule has 2 aliphatic rings. The molecule has 21 heavy (non-hydrogen) atoms. The second-order valence-electron chi connectivity index (χ2n) is 6.30. The quantitative estimate of drug-likeness (QED) is 0.692. The molecule has 1 heterocycles. The van der Waals surface area contributed by atoms with Crippen molar-refractivity contribution in [3.63, 3.8) is 0 Å². The van der Waals surface area contributed by atoms with Crippen LogP contribution in [0.4, 0.5) is 0 Å². The third-order valence-electron chi connectivity index (χ3n) is 4.55. The van der Waals surface area contributed by atoms with Crippen LogP contribution in [0, 0.1) is 11.8 Å². The second kappa shape index (κ2) is 7.25. The summed E-state index contributed by atoms with van der Waals surface area (Å²) in [6.45, 7) is 7.89. The lowest BCUT2D eigenvalue weighted by Gasteiger charge is -2.41. The van der Waals surface area contributed by atoms with Gasteiger partial charge in [0.25, 0.3) is 0 Å². The largest absolute Gasteiger partial charge is 0.380 e. The van der Waals surface area contributed by atoms with E-state index in [1.165, 1.54) is 0 Å². The zero-order valence-electron chi connectivity index (χ0n) is 13.4. The first-order valence-corrected chi connectivity index (χ1v) is 8.28. The van der Waals surface area contributed by atoms with Crippen molar-refractivity contribution in [2.45, 2.75) is 58.5 Å². The Bertz CT molecular complexity index is 382. The normalized spacial score (nSPS) is 27.7. The molecule has 2 rings (SSSR count). The van der Waals surface area contributed by atoms with Crippen molar-refractivity contribution >= 4 is 11.8 Å². The van der Waals surface area contributed by atoms with E-state index in [2.05, 4.69) is 19.2 Å². The van der Waals surface area contributed by atoms with Crippen molar-refractivity contribution in [3.8, 4) is 0 Å². The monoisotopic (exact) mass is 296 g/mol. The lowest BCUT2D eigenvalue weighted by Crippen LogP contribution is -2.66. The van der Waals surface area contributed by atoms with Crippen molar-refractivity contribution in [1.29, 1.82) is 0 Å². The van der Waals surface area contributed by atoms with Gasteiger partial charge in [0.05, 0.1) is 6.61 Å². The van der Waals surface area contributed by atoms with Crippen LogP contribution in [0.2, 0.25) is 0 Å². The number of carbonyl (C=O) groups excluding carboxylic acids is 2. The Labute approximate surface area is 127 Å². The zero-order chi connectivity index (χ0) is 15.4. The fourth-order valence-corrected chi connectivity index (χ4v) is 2.95. The highest BCUT2D eigenvalue weighted by Crippen LogP contribution is 2.35. The molecule has 2 amide bonds. The zero-order valence-corrected chi connectivity index (χ0v) is 13.4. The number of piperazine rings is 1. The van der Waals surface area contributed by atoms with Crippen molar-refractivity contribution in [2.75, 3.05) is 19.8 Å². The Morgan fingerprint density at radius 2 is 2.00 bits per heavy atom. The summed E-state index contributed by atoms with van der Waals surface area (Å²) in [5.74, 6) is 0.609. The maximum absolute atomic E-state index is 12.7. The van der Waals surface area contributed by atoms with E-state index < -0.39 is 0 Å². The van der Waals surface area contributed by atoms with Crippen molar-refractivity contribution in [3.05, 3.63) is 0 Å². The van der Waals surface area contributed by atoms with Gasteiger partial charge < -0.3 is 15.0 Å². The first kappa shape index (κ1) is 16.3. The Hall–Kier alpha value is -1.10. The standard InChI is InChI=1S/C16H28N2O3/c1-4-9-21-10-8-18-14(11(3)5-2)15(19)17-13(16(18)20)12-6-7-12/h11-14H,4-10H2,1-3H3,(H,17,19). The van der Waals surface area contributed by atoms with Crippen LogP contribution in [0.3, 0.4) is 0 Å². The van der Waals surface area contributed by atoms with Gasteiger partial charge in [0, 0.05) is 13.2 Å². The van der Waals surface area contributed by atoms with E-state index in [9.17, 15) is 9.59 Å². The summed E-state index contributed by atoms with van der Waals surface area (Å²) in [6.07, 6.45) is 3.94. The summed E-state index contributed by atoms with van der Waals surface area (Å²) in [5.41, 5.74) is 0. The molecule has 0 spiro atoms. The molecule has 1 aliphatic heterocycles. The van der Waals surface area contributed by atoms with Crippen LogP contribution in [0.1, 0.15) is 46.5 Å². The minimum Gasteiger partial charge on any atom is -0.380 e. The highest BCUT2D eigenvalue weighted by Gasteiger charge is 2.47. The Balaban J connectivity index is 2.06. The Morgan fingerprint density at radius 1 is 1.29 bits per heavy atom. The Kier molecular flexibility index (Phi) is 5.62. The van der Waals surface area contributed by atoms with Crippen LogP contribution < -0.4 is 5.32 Å². The first-order chi connectivity index (χ1) is 10.1. The smallest absolute Gasteiger partial charge is 0.246 e. The van der Waals surface area contributed by atoms with Gasteiger partial charge in [0.15, 0.2) is 0 Å². The molecule has 1 N–H and O–H groups in total. The van der Waals surface area contributed by atoms with E-state index in [4.69, 9.17) is 4.74 Å². The van der Waals surface area contributed by atoms with Gasteiger partial charge in [-0.2, -0.15) is 0 Å². The molecule has 120 valence electrons. The molecule has 0 bridgehead atoms. The maximum Gasteiger partial charge on any atom is 0.246 e. The van der Waals surface area contributed by atoms with Crippen LogP contribution in [-0.2, 0) is 14.3 Å². The van der Waals surface area contributed by atoms with Crippen LogP contribution in [0.5, 0.6) is 0 Å². The third kappa shape index (κ3) is 3.76. The van der Waals surface area contributed by atoms with E-state index in [0.717, 1.165) is 25.7 Å². The molecule has 1 saturated carbocycles. The summed E-state index contributed by atoms with van der Waals surface area (Å²) in [7, 11) is 0. The molecule has 5 nitrogen and oxygen atoms in total. The molecular weight excluding hydrogens is 268 g/mol. The molecule has 0 aromatic carbocycles. The molecule has 3 atom stereocenters. The number of carbonyl (C=O) groups is 2. The van der Waals surface area contributed by atoms with Gasteiger partial charge in [0.1, 0.15) is 12.1 Å². The molecule has 1 saturated heterocycles. The SMILES string of the molecule is CCCOCCN1C(=O)C(C2CC2)NC(=O)C1C(C)CC. The summed E-state index contributed by atoms with van der Waals surface area (Å²) in [6, 6.07) is -0.647. The Morgan fingerprint density at radius 3 is 2.57 bits per heavy atom. The number of nitrogens with one attached hydrogen (secondary N) is 1. The van der Waals surface area contributed by atoms with Gasteiger partial charge >= 0.3 is 0 Å². The predicted octanol–water partition coefficient (Wildman–Crippen LogP) is 1.56. The summed E-state index contributed by atoms with van der Waals surface area (Å²) in [5, 5.41) is 2.95. The highest BCUT2D eigenvalue weighted by molar-refractivity contribution is 5.97. The number of rotatable bonds is 8. The van der Waals surface area contributed by atoms with E-state index in [1.807, 2.05) is 6.92 Å². The molecule has 5 heteroatoms. The molecule has 1 aliphatic carbocycles. The minimum absolute atomic E-state index is 0.0105. The van der Waals surface area contributed by atoms with Crippen molar-refractivity contribution in [1.82, 2.24) is 10.2 Å². The molecular formula is C16H28N2O3. The van der Waals surface area contributed by atoms with E-state index in [0.29, 0.717) is 25.7 Å². The number of amides is 2. The van der Waals surface area contributed by atoms with Crippen molar-refractivity contribution < 1.29 is 14.3 Å². The highest BCUT2D eigenvalue weighted by atomic mass is 16.5. The van der Waals surface area contributed by atoms with Gasteiger partial charge in [-0.15, -0.1) is 0 Å².